The molecule has 0 spiro atoms. The van der Waals surface area contributed by atoms with E-state index in [4.69, 9.17) is 27.9 Å². The molecule has 4 nitrogen and oxygen atoms in total. The fourth-order valence-electron chi connectivity index (χ4n) is 2.22. The van der Waals surface area contributed by atoms with E-state index in [9.17, 15) is 0 Å². The Bertz CT molecular complexity index is 470. The predicted octanol–water partition coefficient (Wildman–Crippen LogP) is 3.82. The molecule has 1 aliphatic heterocycles. The van der Waals surface area contributed by atoms with Crippen LogP contribution in [0.5, 0.6) is 0 Å². The van der Waals surface area contributed by atoms with Crippen LogP contribution in [0.15, 0.2) is 6.07 Å². The van der Waals surface area contributed by atoms with Gasteiger partial charge in [0.25, 0.3) is 0 Å². The van der Waals surface area contributed by atoms with Gasteiger partial charge in [-0.2, -0.15) is 0 Å². The van der Waals surface area contributed by atoms with Gasteiger partial charge in [0.1, 0.15) is 11.6 Å². The Morgan fingerprint density at radius 2 is 2.15 bits per heavy atom. The molecule has 0 radical (unpaired) electrons. The van der Waals surface area contributed by atoms with E-state index in [1.54, 1.807) is 6.07 Å². The number of aromatic nitrogens is 1. The Morgan fingerprint density at radius 1 is 1.40 bits per heavy atom. The van der Waals surface area contributed by atoms with E-state index in [2.05, 4.69) is 36.0 Å². The third kappa shape index (κ3) is 3.48. The van der Waals surface area contributed by atoms with Crippen molar-refractivity contribution in [1.29, 1.82) is 0 Å². The van der Waals surface area contributed by atoms with Gasteiger partial charge in [-0.3, -0.25) is 0 Å². The number of hydrogen-bond acceptors (Lipinski definition) is 4. The van der Waals surface area contributed by atoms with Crippen LogP contribution in [-0.2, 0) is 4.74 Å². The molecule has 2 heterocycles. The molecule has 6 heteroatoms. The Balaban J connectivity index is 2.29. The van der Waals surface area contributed by atoms with Crippen LogP contribution in [0, 0.1) is 0 Å². The Hall–Kier alpha value is -0.710. The first-order valence-electron chi connectivity index (χ1n) is 7.01. The predicted molar refractivity (Wildman–Crippen MR) is 85.3 cm³/mol. The summed E-state index contributed by atoms with van der Waals surface area (Å²) in [5.41, 5.74) is 0. The average Bonchev–Trinajstić information content (AvgIpc) is 2.41. The second-order valence-corrected chi connectivity index (χ2v) is 6.01. The topological polar surface area (TPSA) is 37.4 Å². The van der Waals surface area contributed by atoms with Gasteiger partial charge < -0.3 is 15.0 Å². The van der Waals surface area contributed by atoms with Gasteiger partial charge in [-0.15, -0.1) is 0 Å². The fourth-order valence-corrected chi connectivity index (χ4v) is 2.76. The number of morpholine rings is 1. The summed E-state index contributed by atoms with van der Waals surface area (Å²) in [6.45, 7) is 8.56. The molecule has 1 aromatic rings. The quantitative estimate of drug-likeness (QED) is 0.916. The number of anilines is 2. The lowest BCUT2D eigenvalue weighted by Gasteiger charge is -2.38. The first-order valence-corrected chi connectivity index (χ1v) is 7.76. The minimum absolute atomic E-state index is 0.173. The zero-order valence-electron chi connectivity index (χ0n) is 12.1. The summed E-state index contributed by atoms with van der Waals surface area (Å²) in [5, 5.41) is 4.37. The third-order valence-corrected chi connectivity index (χ3v) is 3.90. The Labute approximate surface area is 130 Å². The second-order valence-electron chi connectivity index (χ2n) is 5.20. The molecule has 20 heavy (non-hydrogen) atoms. The van der Waals surface area contributed by atoms with E-state index >= 15 is 0 Å². The fraction of sp³-hybridized carbons (Fsp3) is 0.643. The smallest absolute Gasteiger partial charge is 0.150 e. The van der Waals surface area contributed by atoms with Gasteiger partial charge in [0, 0.05) is 13.1 Å². The lowest BCUT2D eigenvalue weighted by molar-refractivity contribution is 0.0340. The van der Waals surface area contributed by atoms with Crippen molar-refractivity contribution in [3.63, 3.8) is 0 Å². The summed E-state index contributed by atoms with van der Waals surface area (Å²) < 4.78 is 5.65. The molecule has 1 aromatic heterocycles. The maximum atomic E-state index is 6.32. The van der Waals surface area contributed by atoms with Crippen molar-refractivity contribution in [2.24, 2.45) is 0 Å². The van der Waals surface area contributed by atoms with E-state index in [0.717, 1.165) is 25.3 Å². The maximum Gasteiger partial charge on any atom is 0.150 e. The summed E-state index contributed by atoms with van der Waals surface area (Å²) in [6, 6.07) is 2.01. The molecule has 2 rings (SSSR count). The van der Waals surface area contributed by atoms with Crippen LogP contribution in [0.3, 0.4) is 0 Å². The Morgan fingerprint density at radius 3 is 2.85 bits per heavy atom. The van der Waals surface area contributed by atoms with Crippen molar-refractivity contribution in [3.05, 3.63) is 16.1 Å². The van der Waals surface area contributed by atoms with Gasteiger partial charge in [-0.1, -0.05) is 30.1 Å². The second kappa shape index (κ2) is 6.83. The molecule has 1 N–H and O–H groups in total. The Kier molecular flexibility index (Phi) is 5.35. The molecule has 112 valence electrons. The molecule has 0 saturated carbocycles. The molecule has 2 atom stereocenters. The largest absolute Gasteiger partial charge is 0.375 e. The van der Waals surface area contributed by atoms with Gasteiger partial charge >= 0.3 is 0 Å². The SMILES string of the molecule is CCCNc1nc(N2CC(C)OCC2C)c(Cl)cc1Cl. The minimum Gasteiger partial charge on any atom is -0.375 e. The molecule has 1 aliphatic rings. The van der Waals surface area contributed by atoms with E-state index in [0.29, 0.717) is 22.5 Å². The molecular weight excluding hydrogens is 297 g/mol. The number of pyridine rings is 1. The number of nitrogens with one attached hydrogen (secondary N) is 1. The summed E-state index contributed by atoms with van der Waals surface area (Å²) in [5.74, 6) is 1.47. The third-order valence-electron chi connectivity index (χ3n) is 3.33. The van der Waals surface area contributed by atoms with Crippen molar-refractivity contribution < 1.29 is 4.74 Å². The van der Waals surface area contributed by atoms with Crippen molar-refractivity contribution in [3.8, 4) is 0 Å². The molecule has 1 fully saturated rings. The van der Waals surface area contributed by atoms with Crippen LogP contribution < -0.4 is 10.2 Å². The minimum atomic E-state index is 0.173. The van der Waals surface area contributed by atoms with Crippen molar-refractivity contribution in [2.75, 3.05) is 29.9 Å². The zero-order chi connectivity index (χ0) is 14.7. The summed E-state index contributed by atoms with van der Waals surface area (Å²) in [4.78, 5) is 6.80. The number of halogens is 2. The van der Waals surface area contributed by atoms with E-state index in [-0.39, 0.29) is 12.1 Å². The molecular formula is C14H21Cl2N3O. The molecule has 0 amide bonds. The lowest BCUT2D eigenvalue weighted by Crippen LogP contribution is -2.48. The van der Waals surface area contributed by atoms with E-state index < -0.39 is 0 Å². The first-order chi connectivity index (χ1) is 9.52. The maximum absolute atomic E-state index is 6.32. The van der Waals surface area contributed by atoms with Gasteiger partial charge in [0.15, 0.2) is 0 Å². The summed E-state index contributed by atoms with van der Waals surface area (Å²) in [6.07, 6.45) is 1.19. The summed E-state index contributed by atoms with van der Waals surface area (Å²) >= 11 is 12.5. The van der Waals surface area contributed by atoms with Gasteiger partial charge in [-0.25, -0.2) is 4.98 Å². The highest BCUT2D eigenvalue weighted by molar-refractivity contribution is 6.37. The summed E-state index contributed by atoms with van der Waals surface area (Å²) in [7, 11) is 0. The highest BCUT2D eigenvalue weighted by atomic mass is 35.5. The highest BCUT2D eigenvalue weighted by Gasteiger charge is 2.27. The number of hydrogen-bond donors (Lipinski definition) is 1. The van der Waals surface area contributed by atoms with Crippen molar-refractivity contribution in [1.82, 2.24) is 4.98 Å². The van der Waals surface area contributed by atoms with E-state index in [1.165, 1.54) is 0 Å². The van der Waals surface area contributed by atoms with Gasteiger partial charge in [0.2, 0.25) is 0 Å². The van der Waals surface area contributed by atoms with Crippen LogP contribution in [0.25, 0.3) is 0 Å². The average molecular weight is 318 g/mol. The molecule has 2 unspecified atom stereocenters. The highest BCUT2D eigenvalue weighted by Crippen LogP contribution is 2.33. The van der Waals surface area contributed by atoms with Crippen LogP contribution in [0.4, 0.5) is 11.6 Å². The normalized spacial score (nSPS) is 22.9. The lowest BCUT2D eigenvalue weighted by atomic mass is 10.2. The molecule has 0 aromatic carbocycles. The number of ether oxygens (including phenoxy) is 1. The van der Waals surface area contributed by atoms with Gasteiger partial charge in [-0.05, 0) is 26.3 Å². The molecule has 0 bridgehead atoms. The standard InChI is InChI=1S/C14H21Cl2N3O/c1-4-5-17-13-11(15)6-12(16)14(18-13)19-7-10(3)20-8-9(19)2/h6,9-10H,4-5,7-8H2,1-3H3,(H,17,18). The monoisotopic (exact) mass is 317 g/mol. The molecule has 0 aliphatic carbocycles. The van der Waals surface area contributed by atoms with Crippen molar-refractivity contribution >= 4 is 34.8 Å². The van der Waals surface area contributed by atoms with Crippen LogP contribution >= 0.6 is 23.2 Å². The van der Waals surface area contributed by atoms with Crippen LogP contribution in [0.2, 0.25) is 10.0 Å². The number of rotatable bonds is 4. The first kappa shape index (κ1) is 15.7. The number of nitrogens with zero attached hydrogens (tertiary/aromatic N) is 2. The zero-order valence-corrected chi connectivity index (χ0v) is 13.6. The van der Waals surface area contributed by atoms with Crippen molar-refractivity contribution in [2.45, 2.75) is 39.3 Å². The molecule has 1 saturated heterocycles. The van der Waals surface area contributed by atoms with E-state index in [1.807, 2.05) is 0 Å². The van der Waals surface area contributed by atoms with Gasteiger partial charge in [0.05, 0.1) is 28.8 Å². The van der Waals surface area contributed by atoms with Crippen LogP contribution in [-0.4, -0.2) is 36.8 Å². The van der Waals surface area contributed by atoms with Crippen LogP contribution in [0.1, 0.15) is 27.2 Å².